The normalized spacial score (nSPS) is 12.6. The van der Waals surface area contributed by atoms with Crippen LogP contribution >= 0.6 is 0 Å². The molecule has 0 aliphatic rings. The summed E-state index contributed by atoms with van der Waals surface area (Å²) in [5.74, 6) is -0.132. The van der Waals surface area contributed by atoms with E-state index >= 15 is 0 Å². The molecule has 0 amide bonds. The predicted molar refractivity (Wildman–Crippen MR) is 100 cm³/mol. The Labute approximate surface area is 142 Å². The van der Waals surface area contributed by atoms with Crippen LogP contribution in [0.25, 0.3) is 0 Å². The third-order valence-corrected chi connectivity index (χ3v) is 3.22. The summed E-state index contributed by atoms with van der Waals surface area (Å²) < 4.78 is 4.59. The molecule has 0 N–H and O–H groups in total. The molecular formula is C21H32O2. The maximum Gasteiger partial charge on any atom is 0.305 e. The van der Waals surface area contributed by atoms with Crippen LogP contribution in [0.3, 0.4) is 0 Å². The van der Waals surface area contributed by atoms with Crippen LogP contribution in [0.4, 0.5) is 0 Å². The van der Waals surface area contributed by atoms with Crippen LogP contribution in [0.5, 0.6) is 0 Å². The van der Waals surface area contributed by atoms with Crippen LogP contribution in [0.2, 0.25) is 0 Å². The molecule has 2 nitrogen and oxygen atoms in total. The molecule has 0 spiro atoms. The zero-order valence-electron chi connectivity index (χ0n) is 14.7. The maximum absolute atomic E-state index is 10.9. The molecule has 0 aliphatic heterocycles. The van der Waals surface area contributed by atoms with Crippen LogP contribution in [0.1, 0.15) is 58.3 Å². The minimum absolute atomic E-state index is 0.132. The molecule has 0 radical (unpaired) electrons. The Morgan fingerprint density at radius 1 is 0.783 bits per heavy atom. The van der Waals surface area contributed by atoms with Crippen molar-refractivity contribution in [1.29, 1.82) is 0 Å². The zero-order chi connectivity index (χ0) is 17.0. The first-order valence-corrected chi connectivity index (χ1v) is 8.68. The van der Waals surface area contributed by atoms with Crippen LogP contribution < -0.4 is 0 Å². The lowest BCUT2D eigenvalue weighted by atomic mass is 10.2. The van der Waals surface area contributed by atoms with E-state index in [-0.39, 0.29) is 5.97 Å². The third kappa shape index (κ3) is 18.1. The van der Waals surface area contributed by atoms with Crippen molar-refractivity contribution >= 4 is 5.97 Å². The second-order valence-corrected chi connectivity index (χ2v) is 5.30. The van der Waals surface area contributed by atoms with Gasteiger partial charge in [-0.2, -0.15) is 0 Å². The van der Waals surface area contributed by atoms with Crippen LogP contribution in [0.15, 0.2) is 60.8 Å². The van der Waals surface area contributed by atoms with E-state index in [4.69, 9.17) is 0 Å². The molecule has 0 aliphatic carbocycles. The Balaban J connectivity index is 3.56. The van der Waals surface area contributed by atoms with Gasteiger partial charge in [0.1, 0.15) is 0 Å². The lowest BCUT2D eigenvalue weighted by molar-refractivity contribution is -0.140. The lowest BCUT2D eigenvalue weighted by Gasteiger charge is -1.95. The highest BCUT2D eigenvalue weighted by atomic mass is 16.5. The van der Waals surface area contributed by atoms with Gasteiger partial charge in [-0.3, -0.25) is 4.79 Å². The highest BCUT2D eigenvalue weighted by Crippen LogP contribution is 2.00. The topological polar surface area (TPSA) is 26.3 Å². The van der Waals surface area contributed by atoms with Gasteiger partial charge in [0, 0.05) is 6.42 Å². The van der Waals surface area contributed by atoms with Crippen LogP contribution in [-0.4, -0.2) is 13.1 Å². The van der Waals surface area contributed by atoms with Gasteiger partial charge in [-0.15, -0.1) is 0 Å². The van der Waals surface area contributed by atoms with E-state index in [1.807, 2.05) is 24.3 Å². The number of carbonyl (C=O) groups is 1. The molecule has 0 aromatic rings. The van der Waals surface area contributed by atoms with E-state index < -0.39 is 0 Å². The van der Waals surface area contributed by atoms with Gasteiger partial charge in [0.15, 0.2) is 0 Å². The highest BCUT2D eigenvalue weighted by molar-refractivity contribution is 5.69. The molecule has 0 unspecified atom stereocenters. The van der Waals surface area contributed by atoms with Gasteiger partial charge in [0.2, 0.25) is 0 Å². The number of unbranched alkanes of at least 4 members (excludes halogenated alkanes) is 4. The standard InChI is InChI=1S/C21H32O2/c1-3-4-5-6-7-8-9-10-11-12-13-14-15-16-17-18-19-20-21(22)23-2/h7-14,16-17H,3-6,15,18-20H2,1-2H3/b8-7-,10-9+,12-11+,14-13-,17-16-. The largest absolute Gasteiger partial charge is 0.469 e. The monoisotopic (exact) mass is 316 g/mol. The summed E-state index contributed by atoms with van der Waals surface area (Å²) in [5, 5.41) is 0. The second kappa shape index (κ2) is 18.2. The number of esters is 1. The van der Waals surface area contributed by atoms with E-state index in [0.717, 1.165) is 19.3 Å². The summed E-state index contributed by atoms with van der Waals surface area (Å²) in [6.45, 7) is 2.23. The maximum atomic E-state index is 10.9. The summed E-state index contributed by atoms with van der Waals surface area (Å²) in [4.78, 5) is 10.9. The minimum Gasteiger partial charge on any atom is -0.469 e. The molecule has 23 heavy (non-hydrogen) atoms. The smallest absolute Gasteiger partial charge is 0.305 e. The van der Waals surface area contributed by atoms with E-state index in [9.17, 15) is 4.79 Å². The number of ether oxygens (including phenoxy) is 1. The van der Waals surface area contributed by atoms with Crippen molar-refractivity contribution in [2.24, 2.45) is 0 Å². The van der Waals surface area contributed by atoms with Gasteiger partial charge >= 0.3 is 5.97 Å². The van der Waals surface area contributed by atoms with Crippen molar-refractivity contribution in [3.05, 3.63) is 60.8 Å². The fourth-order valence-corrected chi connectivity index (χ4v) is 1.86. The van der Waals surface area contributed by atoms with Gasteiger partial charge < -0.3 is 4.74 Å². The molecule has 2 heteroatoms. The van der Waals surface area contributed by atoms with Crippen molar-refractivity contribution < 1.29 is 9.53 Å². The number of methoxy groups -OCH3 is 1. The molecule has 0 aromatic carbocycles. The molecule has 0 heterocycles. The highest BCUT2D eigenvalue weighted by Gasteiger charge is 1.96. The first-order valence-electron chi connectivity index (χ1n) is 8.68. The summed E-state index contributed by atoms with van der Waals surface area (Å²) in [5.41, 5.74) is 0. The summed E-state index contributed by atoms with van der Waals surface area (Å²) in [7, 11) is 1.43. The molecular weight excluding hydrogens is 284 g/mol. The quantitative estimate of drug-likeness (QED) is 0.178. The van der Waals surface area contributed by atoms with Gasteiger partial charge in [0.25, 0.3) is 0 Å². The van der Waals surface area contributed by atoms with Gasteiger partial charge in [-0.1, -0.05) is 80.5 Å². The molecule has 0 atom stereocenters. The number of allylic oxidation sites excluding steroid dienone is 10. The van der Waals surface area contributed by atoms with Crippen molar-refractivity contribution in [3.63, 3.8) is 0 Å². The summed E-state index contributed by atoms with van der Waals surface area (Å²) >= 11 is 0. The Kier molecular flexibility index (Phi) is 16.8. The lowest BCUT2D eigenvalue weighted by Crippen LogP contribution is -1.98. The van der Waals surface area contributed by atoms with Gasteiger partial charge in [-0.05, 0) is 32.1 Å². The molecule has 128 valence electrons. The second-order valence-electron chi connectivity index (χ2n) is 5.30. The Morgan fingerprint density at radius 3 is 2.13 bits per heavy atom. The third-order valence-electron chi connectivity index (χ3n) is 3.22. The minimum atomic E-state index is -0.132. The molecule has 0 saturated heterocycles. The Morgan fingerprint density at radius 2 is 1.43 bits per heavy atom. The first kappa shape index (κ1) is 21.2. The molecule has 0 rings (SSSR count). The average Bonchev–Trinajstić information content (AvgIpc) is 2.57. The van der Waals surface area contributed by atoms with E-state index in [1.165, 1.54) is 32.8 Å². The zero-order valence-corrected chi connectivity index (χ0v) is 14.7. The van der Waals surface area contributed by atoms with Crippen molar-refractivity contribution in [1.82, 2.24) is 0 Å². The van der Waals surface area contributed by atoms with E-state index in [1.54, 1.807) is 0 Å². The molecule has 0 aromatic heterocycles. The molecule has 0 saturated carbocycles. The number of hydrogen-bond donors (Lipinski definition) is 0. The first-order chi connectivity index (χ1) is 11.3. The van der Waals surface area contributed by atoms with Gasteiger partial charge in [-0.25, -0.2) is 0 Å². The summed E-state index contributed by atoms with van der Waals surface area (Å²) in [6.07, 6.45) is 29.2. The SMILES string of the molecule is CCCCC\C=C/C=C/C=C/C=C\C/C=C\CCCC(=O)OC. The Hall–Kier alpha value is -1.83. The molecule has 0 fully saturated rings. The van der Waals surface area contributed by atoms with Gasteiger partial charge in [0.05, 0.1) is 7.11 Å². The van der Waals surface area contributed by atoms with E-state index in [2.05, 4.69) is 48.1 Å². The van der Waals surface area contributed by atoms with Crippen LogP contribution in [0, 0.1) is 0 Å². The van der Waals surface area contributed by atoms with Crippen molar-refractivity contribution in [3.8, 4) is 0 Å². The Bertz CT molecular complexity index is 412. The average molecular weight is 316 g/mol. The van der Waals surface area contributed by atoms with E-state index in [0.29, 0.717) is 6.42 Å². The van der Waals surface area contributed by atoms with Crippen LogP contribution in [-0.2, 0) is 9.53 Å². The molecule has 0 bridgehead atoms. The van der Waals surface area contributed by atoms with Crippen molar-refractivity contribution in [2.45, 2.75) is 58.3 Å². The summed E-state index contributed by atoms with van der Waals surface area (Å²) in [6, 6.07) is 0. The fourth-order valence-electron chi connectivity index (χ4n) is 1.86. The number of carbonyl (C=O) groups excluding carboxylic acids is 1. The fraction of sp³-hybridized carbons (Fsp3) is 0.476. The van der Waals surface area contributed by atoms with Crippen molar-refractivity contribution in [2.75, 3.05) is 7.11 Å². The number of rotatable bonds is 13. The predicted octanol–water partition coefficient (Wildman–Crippen LogP) is 6.08. The number of hydrogen-bond acceptors (Lipinski definition) is 2.